The molecule has 0 bridgehead atoms. The van der Waals surface area contributed by atoms with Gasteiger partial charge in [0.05, 0.1) is 11.6 Å². The normalized spacial score (nSPS) is 13.1. The highest BCUT2D eigenvalue weighted by Gasteiger charge is 2.31. The smallest absolute Gasteiger partial charge is 0.398 e. The van der Waals surface area contributed by atoms with Gasteiger partial charge in [-0.2, -0.15) is 13.2 Å². The number of halogens is 3. The number of benzene rings is 1. The van der Waals surface area contributed by atoms with Gasteiger partial charge in [-0.1, -0.05) is 0 Å². The van der Waals surface area contributed by atoms with Gasteiger partial charge in [-0.25, -0.2) is 0 Å². The third-order valence-electron chi connectivity index (χ3n) is 3.18. The van der Waals surface area contributed by atoms with Crippen LogP contribution in [0.2, 0.25) is 0 Å². The number of hydrogen-bond donors (Lipinski definition) is 3. The van der Waals surface area contributed by atoms with E-state index in [9.17, 15) is 13.2 Å². The molecule has 5 N–H and O–H groups in total. The fraction of sp³-hybridized carbons (Fsp3) is 0.214. The minimum Gasteiger partial charge on any atom is -0.398 e. The van der Waals surface area contributed by atoms with E-state index < -0.39 is 17.8 Å². The molecule has 4 nitrogen and oxygen atoms in total. The van der Waals surface area contributed by atoms with Crippen molar-refractivity contribution in [2.75, 3.05) is 5.73 Å². The predicted molar refractivity (Wildman–Crippen MR) is 73.9 cm³/mol. The highest BCUT2D eigenvalue weighted by Crippen LogP contribution is 2.33. The molecule has 0 aliphatic heterocycles. The van der Waals surface area contributed by atoms with Crippen LogP contribution < -0.4 is 17.0 Å². The van der Waals surface area contributed by atoms with Crippen molar-refractivity contribution in [1.29, 1.82) is 0 Å². The summed E-state index contributed by atoms with van der Waals surface area (Å²) >= 11 is 0. The van der Waals surface area contributed by atoms with Crippen molar-refractivity contribution in [3.05, 3.63) is 59.4 Å². The van der Waals surface area contributed by atoms with Crippen LogP contribution in [-0.4, -0.2) is 4.98 Å². The second kappa shape index (κ2) is 6.11. The van der Waals surface area contributed by atoms with E-state index in [1.807, 2.05) is 0 Å². The van der Waals surface area contributed by atoms with E-state index in [1.165, 1.54) is 6.07 Å². The van der Waals surface area contributed by atoms with Crippen LogP contribution in [0.3, 0.4) is 0 Å². The monoisotopic (exact) mass is 296 g/mol. The molecule has 0 amide bonds. The Bertz CT molecular complexity index is 599. The van der Waals surface area contributed by atoms with E-state index in [0.29, 0.717) is 12.0 Å². The zero-order valence-electron chi connectivity index (χ0n) is 11.1. The lowest BCUT2D eigenvalue weighted by molar-refractivity contribution is -0.137. The summed E-state index contributed by atoms with van der Waals surface area (Å²) in [5.41, 5.74) is 9.04. The Morgan fingerprint density at radius 1 is 1.14 bits per heavy atom. The van der Waals surface area contributed by atoms with Crippen LogP contribution in [0.25, 0.3) is 0 Å². The number of nitrogens with zero attached hydrogens (tertiary/aromatic N) is 1. The topological polar surface area (TPSA) is 77.0 Å². The van der Waals surface area contributed by atoms with E-state index in [4.69, 9.17) is 11.6 Å². The van der Waals surface area contributed by atoms with Crippen molar-refractivity contribution in [2.24, 2.45) is 5.84 Å². The number of aromatic nitrogens is 1. The number of hydrazine groups is 1. The van der Waals surface area contributed by atoms with Crippen molar-refractivity contribution in [3.8, 4) is 0 Å². The number of hydrogen-bond acceptors (Lipinski definition) is 4. The van der Waals surface area contributed by atoms with Gasteiger partial charge in [0.1, 0.15) is 0 Å². The average Bonchev–Trinajstić information content (AvgIpc) is 2.45. The molecule has 1 atom stereocenters. The number of nitrogens with one attached hydrogen (secondary N) is 1. The van der Waals surface area contributed by atoms with Gasteiger partial charge in [-0.15, -0.1) is 0 Å². The van der Waals surface area contributed by atoms with Crippen LogP contribution in [0.4, 0.5) is 18.9 Å². The van der Waals surface area contributed by atoms with Gasteiger partial charge in [0.25, 0.3) is 0 Å². The molecule has 1 heterocycles. The molecule has 0 aliphatic carbocycles. The SMILES string of the molecule is NNC(Cc1ccncc1)c1cc(C(F)(F)F)ccc1N. The molecule has 0 aliphatic rings. The predicted octanol–water partition coefficient (Wildman–Crippen LogP) is 2.43. The first-order chi connectivity index (χ1) is 9.91. The van der Waals surface area contributed by atoms with Crippen molar-refractivity contribution >= 4 is 5.69 Å². The highest BCUT2D eigenvalue weighted by atomic mass is 19.4. The van der Waals surface area contributed by atoms with Crippen molar-refractivity contribution in [3.63, 3.8) is 0 Å². The quantitative estimate of drug-likeness (QED) is 0.460. The number of pyridine rings is 1. The Morgan fingerprint density at radius 3 is 2.38 bits per heavy atom. The first-order valence-corrected chi connectivity index (χ1v) is 6.23. The fourth-order valence-corrected chi connectivity index (χ4v) is 2.07. The van der Waals surface area contributed by atoms with Crippen LogP contribution in [-0.2, 0) is 12.6 Å². The third-order valence-corrected chi connectivity index (χ3v) is 3.18. The van der Waals surface area contributed by atoms with Crippen molar-refractivity contribution in [2.45, 2.75) is 18.6 Å². The minimum absolute atomic E-state index is 0.264. The molecule has 2 rings (SSSR count). The summed E-state index contributed by atoms with van der Waals surface area (Å²) in [6.45, 7) is 0. The largest absolute Gasteiger partial charge is 0.416 e. The molecule has 0 saturated carbocycles. The zero-order chi connectivity index (χ0) is 15.5. The van der Waals surface area contributed by atoms with Crippen LogP contribution in [0, 0.1) is 0 Å². The van der Waals surface area contributed by atoms with Crippen molar-refractivity contribution < 1.29 is 13.2 Å². The number of anilines is 1. The van der Waals surface area contributed by atoms with Gasteiger partial charge in [-0.3, -0.25) is 16.3 Å². The molecule has 0 saturated heterocycles. The Labute approximate surface area is 119 Å². The molecular formula is C14H15F3N4. The lowest BCUT2D eigenvalue weighted by Crippen LogP contribution is -2.30. The van der Waals surface area contributed by atoms with E-state index in [0.717, 1.165) is 17.7 Å². The van der Waals surface area contributed by atoms with Crippen LogP contribution >= 0.6 is 0 Å². The second-order valence-electron chi connectivity index (χ2n) is 4.62. The molecule has 0 fully saturated rings. The van der Waals surface area contributed by atoms with Gasteiger partial charge in [0.15, 0.2) is 0 Å². The minimum atomic E-state index is -4.42. The maximum atomic E-state index is 12.8. The number of rotatable bonds is 4. The van der Waals surface area contributed by atoms with Gasteiger partial charge < -0.3 is 5.73 Å². The summed E-state index contributed by atoms with van der Waals surface area (Å²) < 4.78 is 38.4. The molecular weight excluding hydrogens is 281 g/mol. The standard InChI is InChI=1S/C14H15F3N4/c15-14(16,17)10-1-2-12(18)11(8-10)13(21-19)7-9-3-5-20-6-4-9/h1-6,8,13,21H,7,18-19H2. The maximum absolute atomic E-state index is 12.8. The summed E-state index contributed by atoms with van der Waals surface area (Å²) in [5.74, 6) is 5.48. The van der Waals surface area contributed by atoms with Crippen LogP contribution in [0.5, 0.6) is 0 Å². The summed E-state index contributed by atoms with van der Waals surface area (Å²) in [7, 11) is 0. The molecule has 1 aromatic heterocycles. The lowest BCUT2D eigenvalue weighted by Gasteiger charge is -2.20. The number of nitrogens with two attached hydrogens (primary N) is 2. The molecule has 21 heavy (non-hydrogen) atoms. The summed E-state index contributed by atoms with van der Waals surface area (Å²) in [6.07, 6.45) is -0.792. The number of alkyl halides is 3. The molecule has 1 unspecified atom stereocenters. The molecule has 0 radical (unpaired) electrons. The maximum Gasteiger partial charge on any atom is 0.416 e. The Kier molecular flexibility index (Phi) is 4.44. The van der Waals surface area contributed by atoms with Crippen LogP contribution in [0.1, 0.15) is 22.7 Å². The summed E-state index contributed by atoms with van der Waals surface area (Å²) in [5, 5.41) is 0. The highest BCUT2D eigenvalue weighted by molar-refractivity contribution is 5.51. The second-order valence-corrected chi connectivity index (χ2v) is 4.62. The Morgan fingerprint density at radius 2 is 1.81 bits per heavy atom. The first-order valence-electron chi connectivity index (χ1n) is 6.23. The fourth-order valence-electron chi connectivity index (χ4n) is 2.07. The summed E-state index contributed by atoms with van der Waals surface area (Å²) in [6, 6.07) is 6.26. The molecule has 112 valence electrons. The van der Waals surface area contributed by atoms with E-state index >= 15 is 0 Å². The molecule has 0 spiro atoms. The van der Waals surface area contributed by atoms with Gasteiger partial charge in [0, 0.05) is 18.1 Å². The van der Waals surface area contributed by atoms with Crippen LogP contribution in [0.15, 0.2) is 42.7 Å². The zero-order valence-corrected chi connectivity index (χ0v) is 11.1. The van der Waals surface area contributed by atoms with Crippen molar-refractivity contribution in [1.82, 2.24) is 10.4 Å². The lowest BCUT2D eigenvalue weighted by atomic mass is 9.96. The van der Waals surface area contributed by atoms with E-state index in [2.05, 4.69) is 10.4 Å². The Hall–Kier alpha value is -2.12. The van der Waals surface area contributed by atoms with Gasteiger partial charge in [0.2, 0.25) is 0 Å². The van der Waals surface area contributed by atoms with Gasteiger partial charge in [-0.05, 0) is 47.9 Å². The van der Waals surface area contributed by atoms with Gasteiger partial charge >= 0.3 is 6.18 Å². The Balaban J connectivity index is 2.33. The van der Waals surface area contributed by atoms with E-state index in [-0.39, 0.29) is 5.69 Å². The molecule has 7 heteroatoms. The first kappa shape index (κ1) is 15.3. The summed E-state index contributed by atoms with van der Waals surface area (Å²) in [4.78, 5) is 3.89. The third kappa shape index (κ3) is 3.71. The van der Waals surface area contributed by atoms with E-state index in [1.54, 1.807) is 24.5 Å². The molecule has 2 aromatic rings. The average molecular weight is 296 g/mol. The molecule has 1 aromatic carbocycles. The number of nitrogen functional groups attached to an aromatic ring is 1.